The van der Waals surface area contributed by atoms with E-state index in [-0.39, 0.29) is 0 Å². The van der Waals surface area contributed by atoms with E-state index in [1.165, 1.54) is 6.42 Å². The SMILES string of the molecule is COCCN1CCCC(Nc2ncnc3cc(Br)c(OC)cc23)C1. The monoisotopic (exact) mass is 394 g/mol. The van der Waals surface area contributed by atoms with Crippen LogP contribution in [0, 0.1) is 0 Å². The van der Waals surface area contributed by atoms with E-state index < -0.39 is 0 Å². The van der Waals surface area contributed by atoms with Gasteiger partial charge in [-0.2, -0.15) is 0 Å². The smallest absolute Gasteiger partial charge is 0.137 e. The topological polar surface area (TPSA) is 59.5 Å². The molecule has 7 heteroatoms. The van der Waals surface area contributed by atoms with Gasteiger partial charge in [0.15, 0.2) is 0 Å². The van der Waals surface area contributed by atoms with E-state index in [0.29, 0.717) is 6.04 Å². The summed E-state index contributed by atoms with van der Waals surface area (Å²) in [6.45, 7) is 3.88. The lowest BCUT2D eigenvalue weighted by Crippen LogP contribution is -2.43. The van der Waals surface area contributed by atoms with Gasteiger partial charge >= 0.3 is 0 Å². The number of aromatic nitrogens is 2. The Labute approximate surface area is 150 Å². The lowest BCUT2D eigenvalue weighted by Gasteiger charge is -2.33. The number of piperidine rings is 1. The molecule has 2 heterocycles. The van der Waals surface area contributed by atoms with Gasteiger partial charge in [-0.3, -0.25) is 4.90 Å². The molecule has 1 aromatic carbocycles. The molecule has 6 nitrogen and oxygen atoms in total. The minimum atomic E-state index is 0.378. The number of fused-ring (bicyclic) bond motifs is 1. The summed E-state index contributed by atoms with van der Waals surface area (Å²) in [5.41, 5.74) is 0.896. The van der Waals surface area contributed by atoms with Crippen molar-refractivity contribution in [2.24, 2.45) is 0 Å². The Bertz CT molecular complexity index is 698. The summed E-state index contributed by atoms with van der Waals surface area (Å²) in [5, 5.41) is 4.57. The number of halogens is 1. The van der Waals surface area contributed by atoms with E-state index in [1.807, 2.05) is 12.1 Å². The van der Waals surface area contributed by atoms with Crippen LogP contribution in [0.2, 0.25) is 0 Å². The molecule has 0 saturated carbocycles. The number of methoxy groups -OCH3 is 2. The number of hydrogen-bond acceptors (Lipinski definition) is 6. The van der Waals surface area contributed by atoms with Crippen LogP contribution in [0.25, 0.3) is 10.9 Å². The number of anilines is 1. The van der Waals surface area contributed by atoms with Crippen molar-refractivity contribution in [1.29, 1.82) is 0 Å². The second-order valence-corrected chi connectivity index (χ2v) is 6.86. The highest BCUT2D eigenvalue weighted by atomic mass is 79.9. The third-order valence-corrected chi connectivity index (χ3v) is 4.99. The zero-order valence-corrected chi connectivity index (χ0v) is 15.7. The van der Waals surface area contributed by atoms with Crippen LogP contribution in [0.15, 0.2) is 22.9 Å². The summed E-state index contributed by atoms with van der Waals surface area (Å²) in [5.74, 6) is 1.65. The first kappa shape index (κ1) is 17.4. The molecular weight excluding hydrogens is 372 g/mol. The van der Waals surface area contributed by atoms with Gasteiger partial charge in [0.25, 0.3) is 0 Å². The van der Waals surface area contributed by atoms with Crippen molar-refractivity contribution in [3.8, 4) is 5.75 Å². The van der Waals surface area contributed by atoms with Gasteiger partial charge in [0, 0.05) is 31.6 Å². The summed E-state index contributed by atoms with van der Waals surface area (Å²) < 4.78 is 11.5. The Balaban J connectivity index is 1.79. The number of nitrogens with zero attached hydrogens (tertiary/aromatic N) is 3. The number of nitrogens with one attached hydrogen (secondary N) is 1. The van der Waals surface area contributed by atoms with Gasteiger partial charge in [0.1, 0.15) is 17.9 Å². The molecule has 0 spiro atoms. The van der Waals surface area contributed by atoms with E-state index in [9.17, 15) is 0 Å². The van der Waals surface area contributed by atoms with Crippen LogP contribution >= 0.6 is 15.9 Å². The standard InChI is InChI=1S/C17H23BrN4O2/c1-23-7-6-22-5-3-4-12(10-22)21-17-13-8-16(24-2)14(18)9-15(13)19-11-20-17/h8-9,11-12H,3-7,10H2,1-2H3,(H,19,20,21). The molecule has 2 aromatic rings. The van der Waals surface area contributed by atoms with E-state index in [2.05, 4.69) is 36.1 Å². The van der Waals surface area contributed by atoms with Gasteiger partial charge in [-0.05, 0) is 47.4 Å². The lowest BCUT2D eigenvalue weighted by molar-refractivity contribution is 0.131. The van der Waals surface area contributed by atoms with Crippen molar-refractivity contribution < 1.29 is 9.47 Å². The first-order chi connectivity index (χ1) is 11.7. The second kappa shape index (κ2) is 8.09. The number of likely N-dealkylation sites (tertiary alicyclic amines) is 1. The Kier molecular flexibility index (Phi) is 5.86. The Morgan fingerprint density at radius 3 is 3.00 bits per heavy atom. The maximum Gasteiger partial charge on any atom is 0.137 e. The lowest BCUT2D eigenvalue weighted by atomic mass is 10.1. The van der Waals surface area contributed by atoms with Gasteiger partial charge < -0.3 is 14.8 Å². The molecule has 0 amide bonds. The molecule has 0 aliphatic carbocycles. The number of hydrogen-bond donors (Lipinski definition) is 1. The van der Waals surface area contributed by atoms with E-state index in [0.717, 1.165) is 59.6 Å². The van der Waals surface area contributed by atoms with E-state index >= 15 is 0 Å². The van der Waals surface area contributed by atoms with Gasteiger partial charge in [0.05, 0.1) is 23.7 Å². The second-order valence-electron chi connectivity index (χ2n) is 6.00. The van der Waals surface area contributed by atoms with Gasteiger partial charge in [-0.1, -0.05) is 0 Å². The molecule has 24 heavy (non-hydrogen) atoms. The molecule has 3 rings (SSSR count). The highest BCUT2D eigenvalue weighted by molar-refractivity contribution is 9.10. The van der Waals surface area contributed by atoms with E-state index in [1.54, 1.807) is 20.5 Å². The molecule has 1 aliphatic rings. The van der Waals surface area contributed by atoms with Crippen LogP contribution in [0.4, 0.5) is 5.82 Å². The normalized spacial score (nSPS) is 18.7. The Morgan fingerprint density at radius 1 is 1.33 bits per heavy atom. The number of ether oxygens (including phenoxy) is 2. The van der Waals surface area contributed by atoms with Gasteiger partial charge in [-0.25, -0.2) is 9.97 Å². The predicted molar refractivity (Wildman–Crippen MR) is 98.8 cm³/mol. The van der Waals surface area contributed by atoms with Crippen molar-refractivity contribution in [3.05, 3.63) is 22.9 Å². The molecule has 1 atom stereocenters. The minimum Gasteiger partial charge on any atom is -0.496 e. The van der Waals surface area contributed by atoms with Gasteiger partial charge in [-0.15, -0.1) is 0 Å². The summed E-state index contributed by atoms with van der Waals surface area (Å²) in [6.07, 6.45) is 3.93. The van der Waals surface area contributed by atoms with Crippen LogP contribution < -0.4 is 10.1 Å². The van der Waals surface area contributed by atoms with E-state index in [4.69, 9.17) is 9.47 Å². The first-order valence-electron chi connectivity index (χ1n) is 8.17. The predicted octanol–water partition coefficient (Wildman–Crippen LogP) is 2.92. The molecule has 1 aromatic heterocycles. The molecule has 130 valence electrons. The summed E-state index contributed by atoms with van der Waals surface area (Å²) in [6, 6.07) is 4.32. The Hall–Kier alpha value is -1.44. The van der Waals surface area contributed by atoms with Crippen molar-refractivity contribution in [3.63, 3.8) is 0 Å². The summed E-state index contributed by atoms with van der Waals surface area (Å²) >= 11 is 3.51. The number of benzene rings is 1. The molecule has 1 saturated heterocycles. The molecular formula is C17H23BrN4O2. The third kappa shape index (κ3) is 3.96. The van der Waals surface area contributed by atoms with Crippen molar-refractivity contribution in [2.75, 3.05) is 45.8 Å². The fraction of sp³-hybridized carbons (Fsp3) is 0.529. The molecule has 0 bridgehead atoms. The molecule has 0 radical (unpaired) electrons. The minimum absolute atomic E-state index is 0.378. The van der Waals surface area contributed by atoms with Crippen LogP contribution in [0.3, 0.4) is 0 Å². The quantitative estimate of drug-likeness (QED) is 0.812. The fourth-order valence-corrected chi connectivity index (χ4v) is 3.61. The maximum atomic E-state index is 5.41. The zero-order valence-electron chi connectivity index (χ0n) is 14.1. The molecule has 1 aliphatic heterocycles. The van der Waals surface area contributed by atoms with Crippen molar-refractivity contribution in [2.45, 2.75) is 18.9 Å². The summed E-state index contributed by atoms with van der Waals surface area (Å²) in [4.78, 5) is 11.3. The van der Waals surface area contributed by atoms with Crippen LogP contribution in [0.5, 0.6) is 5.75 Å². The highest BCUT2D eigenvalue weighted by Crippen LogP contribution is 2.32. The first-order valence-corrected chi connectivity index (χ1v) is 8.96. The largest absolute Gasteiger partial charge is 0.496 e. The highest BCUT2D eigenvalue weighted by Gasteiger charge is 2.20. The van der Waals surface area contributed by atoms with Crippen LogP contribution in [-0.4, -0.2) is 61.4 Å². The van der Waals surface area contributed by atoms with Crippen LogP contribution in [-0.2, 0) is 4.74 Å². The molecule has 1 N–H and O–H groups in total. The zero-order chi connectivity index (χ0) is 16.9. The average molecular weight is 395 g/mol. The van der Waals surface area contributed by atoms with Crippen molar-refractivity contribution >= 4 is 32.7 Å². The fourth-order valence-electron chi connectivity index (χ4n) is 3.12. The van der Waals surface area contributed by atoms with Crippen molar-refractivity contribution in [1.82, 2.24) is 14.9 Å². The Morgan fingerprint density at radius 2 is 2.21 bits per heavy atom. The molecule has 1 unspecified atom stereocenters. The third-order valence-electron chi connectivity index (χ3n) is 4.37. The molecule has 1 fully saturated rings. The van der Waals surface area contributed by atoms with Crippen LogP contribution in [0.1, 0.15) is 12.8 Å². The average Bonchev–Trinajstić information content (AvgIpc) is 2.60. The maximum absolute atomic E-state index is 5.41. The van der Waals surface area contributed by atoms with Gasteiger partial charge in [0.2, 0.25) is 0 Å². The number of rotatable bonds is 6. The summed E-state index contributed by atoms with van der Waals surface area (Å²) in [7, 11) is 3.41.